The largest absolute Gasteiger partial charge is 0.453 e. The number of amides is 4. The number of likely N-dealkylation sites (tertiary alicyclic amines) is 2. The smallest absolute Gasteiger partial charge is 0.407 e. The minimum Gasteiger partial charge on any atom is -0.453 e. The predicted molar refractivity (Wildman–Crippen MR) is 231 cm³/mol. The summed E-state index contributed by atoms with van der Waals surface area (Å²) in [6.45, 7) is 4.96. The highest BCUT2D eigenvalue weighted by Crippen LogP contribution is 2.36. The maximum absolute atomic E-state index is 13.9. The van der Waals surface area contributed by atoms with Gasteiger partial charge in [0.15, 0.2) is 0 Å². The summed E-state index contributed by atoms with van der Waals surface area (Å²) in [7, 11) is 2.57. The lowest BCUT2D eigenvalue weighted by Gasteiger charge is -2.29. The van der Waals surface area contributed by atoms with Crippen LogP contribution < -0.4 is 10.6 Å². The lowest BCUT2D eigenvalue weighted by molar-refractivity contribution is -0.135. The number of aromatic nitrogens is 4. The van der Waals surface area contributed by atoms with Crippen molar-refractivity contribution in [1.82, 2.24) is 40.4 Å². The number of carbonyl (C=O) groups is 4. The van der Waals surface area contributed by atoms with Crippen LogP contribution in [0.3, 0.4) is 0 Å². The summed E-state index contributed by atoms with van der Waals surface area (Å²) in [6, 6.07) is 30.0. The Morgan fingerprint density at radius 1 is 0.672 bits per heavy atom. The quantitative estimate of drug-likeness (QED) is 0.101. The monoisotopic (exact) mass is 822 g/mol. The zero-order valence-corrected chi connectivity index (χ0v) is 34.7. The van der Waals surface area contributed by atoms with E-state index in [1.54, 1.807) is 11.1 Å². The van der Waals surface area contributed by atoms with Crippen molar-refractivity contribution in [2.75, 3.05) is 27.3 Å². The van der Waals surface area contributed by atoms with Crippen molar-refractivity contribution < 1.29 is 28.7 Å². The molecule has 0 spiro atoms. The van der Waals surface area contributed by atoms with Crippen LogP contribution >= 0.6 is 0 Å². The first-order valence-electron chi connectivity index (χ1n) is 20.7. The summed E-state index contributed by atoms with van der Waals surface area (Å²) in [5, 5.41) is 5.42. The number of ether oxygens (including phenoxy) is 2. The molecule has 4 heterocycles. The van der Waals surface area contributed by atoms with Crippen LogP contribution in [0.25, 0.3) is 44.5 Å². The number of nitrogens with zero attached hydrogens (tertiary/aromatic N) is 4. The van der Waals surface area contributed by atoms with Gasteiger partial charge in [0.1, 0.15) is 23.7 Å². The van der Waals surface area contributed by atoms with Crippen molar-refractivity contribution in [1.29, 1.82) is 0 Å². The first-order valence-corrected chi connectivity index (χ1v) is 20.7. The number of hydrogen-bond donors (Lipinski definition) is 4. The fourth-order valence-electron chi connectivity index (χ4n) is 8.50. The van der Waals surface area contributed by atoms with Gasteiger partial charge in [-0.2, -0.15) is 0 Å². The first kappa shape index (κ1) is 40.8. The fraction of sp³-hybridized carbons (Fsp3) is 0.319. The van der Waals surface area contributed by atoms with Crippen LogP contribution in [0, 0.1) is 5.92 Å². The van der Waals surface area contributed by atoms with Crippen LogP contribution in [-0.4, -0.2) is 87.1 Å². The van der Waals surface area contributed by atoms with Crippen LogP contribution in [0.4, 0.5) is 9.59 Å². The van der Waals surface area contributed by atoms with Crippen molar-refractivity contribution in [3.63, 3.8) is 0 Å². The minimum absolute atomic E-state index is 0.109. The average Bonchev–Trinajstić information content (AvgIpc) is 4.13. The number of aromatic amines is 2. The molecule has 2 aliphatic heterocycles. The average molecular weight is 823 g/mol. The van der Waals surface area contributed by atoms with Gasteiger partial charge in [-0.3, -0.25) is 9.59 Å². The van der Waals surface area contributed by atoms with Gasteiger partial charge in [0.2, 0.25) is 5.91 Å². The Hall–Kier alpha value is -6.96. The Morgan fingerprint density at radius 2 is 1.23 bits per heavy atom. The Morgan fingerprint density at radius 3 is 1.85 bits per heavy atom. The van der Waals surface area contributed by atoms with E-state index in [1.807, 2.05) is 55.1 Å². The van der Waals surface area contributed by atoms with Gasteiger partial charge in [-0.05, 0) is 77.1 Å². The third kappa shape index (κ3) is 8.56. The maximum Gasteiger partial charge on any atom is 0.407 e. The number of rotatable bonds is 11. The first-order chi connectivity index (χ1) is 29.6. The highest BCUT2D eigenvalue weighted by atomic mass is 16.5. The molecular weight excluding hydrogens is 773 g/mol. The second-order valence-electron chi connectivity index (χ2n) is 15.9. The molecule has 2 aromatic heterocycles. The summed E-state index contributed by atoms with van der Waals surface area (Å²) in [4.78, 5) is 71.9. The van der Waals surface area contributed by atoms with Crippen LogP contribution in [0.5, 0.6) is 0 Å². The molecule has 314 valence electrons. The molecule has 4 aromatic carbocycles. The van der Waals surface area contributed by atoms with Crippen LogP contribution in [-0.2, 0) is 19.1 Å². The van der Waals surface area contributed by atoms with Gasteiger partial charge in [-0.1, -0.05) is 98.8 Å². The fourth-order valence-corrected chi connectivity index (χ4v) is 8.50. The molecule has 8 rings (SSSR count). The third-order valence-corrected chi connectivity index (χ3v) is 11.8. The van der Waals surface area contributed by atoms with Crippen LogP contribution in [0.1, 0.15) is 74.9 Å². The SMILES string of the molecule is COC(=O)NC(C(=O)N1CCCC1c1ncc(-c2ccc(-c3ccc(-c4ccc5nc(C6CCCN6C(=O)C(NC(=O)OC)C(C)C)[nH]c5c4)cc3)cc2)[nH]1)c1ccccc1. The topological polar surface area (TPSA) is 175 Å². The van der Waals surface area contributed by atoms with Crippen molar-refractivity contribution in [3.05, 3.63) is 120 Å². The molecule has 0 aliphatic carbocycles. The van der Waals surface area contributed by atoms with E-state index in [1.165, 1.54) is 14.2 Å². The number of nitrogens with one attached hydrogen (secondary N) is 4. The molecule has 2 aliphatic rings. The second kappa shape index (κ2) is 17.7. The lowest BCUT2D eigenvalue weighted by Crippen LogP contribution is -2.51. The maximum atomic E-state index is 13.9. The Balaban J connectivity index is 0.935. The number of carbonyl (C=O) groups excluding carboxylic acids is 4. The number of H-pyrrole nitrogens is 2. The van der Waals surface area contributed by atoms with Gasteiger partial charge in [-0.25, -0.2) is 19.6 Å². The summed E-state index contributed by atoms with van der Waals surface area (Å²) < 4.78 is 9.61. The normalized spacial score (nSPS) is 17.3. The number of imidazole rings is 2. The van der Waals surface area contributed by atoms with Crippen LogP contribution in [0.15, 0.2) is 103 Å². The van der Waals surface area contributed by atoms with Gasteiger partial charge in [-0.15, -0.1) is 0 Å². The van der Waals surface area contributed by atoms with Gasteiger partial charge in [0, 0.05) is 13.1 Å². The summed E-state index contributed by atoms with van der Waals surface area (Å²) in [5.41, 5.74) is 8.46. The number of alkyl carbamates (subject to hydrolysis) is 2. The zero-order chi connectivity index (χ0) is 42.6. The zero-order valence-electron chi connectivity index (χ0n) is 34.7. The summed E-state index contributed by atoms with van der Waals surface area (Å²) in [5.74, 6) is 0.984. The van der Waals surface area contributed by atoms with Crippen molar-refractivity contribution >= 4 is 35.0 Å². The molecule has 6 aromatic rings. The molecule has 61 heavy (non-hydrogen) atoms. The molecule has 4 amide bonds. The van der Waals surface area contributed by atoms with Gasteiger partial charge >= 0.3 is 12.2 Å². The van der Waals surface area contributed by atoms with Gasteiger partial charge in [0.05, 0.1) is 49.2 Å². The number of methoxy groups -OCH3 is 2. The summed E-state index contributed by atoms with van der Waals surface area (Å²) in [6.07, 6.45) is 3.71. The van der Waals surface area contributed by atoms with Crippen molar-refractivity contribution in [2.45, 2.75) is 63.7 Å². The number of fused-ring (bicyclic) bond motifs is 1. The van der Waals surface area contributed by atoms with Gasteiger partial charge < -0.3 is 39.9 Å². The highest BCUT2D eigenvalue weighted by Gasteiger charge is 2.39. The van der Waals surface area contributed by atoms with E-state index in [0.29, 0.717) is 24.5 Å². The molecule has 2 saturated heterocycles. The van der Waals surface area contributed by atoms with Crippen molar-refractivity contribution in [3.8, 4) is 33.5 Å². The van der Waals surface area contributed by atoms with Crippen LogP contribution in [0.2, 0.25) is 0 Å². The molecule has 4 unspecified atom stereocenters. The molecule has 14 nitrogen and oxygen atoms in total. The standard InChI is InChI=1S/C47H50N8O6/c1-28(2)40(52-46(58)60-3)44(56)55-25-9-13-39(55)43-49-35-23-22-34(26-36(35)50-43)31-16-14-29(15-17-31)30-18-20-32(21-19-30)37-27-48-42(51-37)38-12-8-24-54(38)45(57)41(53-47(59)61-4)33-10-6-5-7-11-33/h5-7,10-11,14-23,26-28,38-41H,8-9,12-13,24-25H2,1-4H3,(H,48,51)(H,49,50)(H,52,58)(H,53,59). The number of hydrogen-bond acceptors (Lipinski definition) is 8. The van der Waals surface area contributed by atoms with E-state index in [9.17, 15) is 19.2 Å². The van der Waals surface area contributed by atoms with Gasteiger partial charge in [0.25, 0.3) is 5.91 Å². The van der Waals surface area contributed by atoms with E-state index in [4.69, 9.17) is 19.4 Å². The molecule has 2 fully saturated rings. The van der Waals surface area contributed by atoms with E-state index >= 15 is 0 Å². The molecule has 4 atom stereocenters. The molecule has 0 bridgehead atoms. The number of benzene rings is 4. The molecule has 0 radical (unpaired) electrons. The van der Waals surface area contributed by atoms with E-state index in [2.05, 4.69) is 81.3 Å². The molecule has 14 heteroatoms. The molecular formula is C47H50N8O6. The predicted octanol–water partition coefficient (Wildman–Crippen LogP) is 8.09. The van der Waals surface area contributed by atoms with E-state index in [-0.39, 0.29) is 29.8 Å². The Bertz CT molecular complexity index is 2520. The second-order valence-corrected chi connectivity index (χ2v) is 15.9. The molecule has 0 saturated carbocycles. The summed E-state index contributed by atoms with van der Waals surface area (Å²) >= 11 is 0. The Kier molecular flexibility index (Phi) is 11.9. The van der Waals surface area contributed by atoms with E-state index < -0.39 is 24.3 Å². The third-order valence-electron chi connectivity index (χ3n) is 11.8. The highest BCUT2D eigenvalue weighted by molar-refractivity contribution is 5.88. The van der Waals surface area contributed by atoms with E-state index in [0.717, 1.165) is 76.1 Å². The minimum atomic E-state index is -0.879. The Labute approximate surface area is 354 Å². The molecule has 4 N–H and O–H groups in total. The lowest BCUT2D eigenvalue weighted by atomic mass is 9.99. The van der Waals surface area contributed by atoms with Crippen molar-refractivity contribution in [2.24, 2.45) is 5.92 Å².